The monoisotopic (exact) mass is 238 g/mol. The molecule has 15 heavy (non-hydrogen) atoms. The average molecular weight is 238 g/mol. The van der Waals surface area contributed by atoms with Crippen molar-refractivity contribution < 1.29 is 0 Å². The van der Waals surface area contributed by atoms with Crippen molar-refractivity contribution in [2.45, 2.75) is 19.3 Å². The van der Waals surface area contributed by atoms with Crippen molar-refractivity contribution in [3.63, 3.8) is 0 Å². The molecule has 0 aliphatic carbocycles. The highest BCUT2D eigenvalue weighted by Crippen LogP contribution is 2.27. The Kier molecular flexibility index (Phi) is 3.07. The molecule has 2 aromatic rings. The summed E-state index contributed by atoms with van der Waals surface area (Å²) in [6, 6.07) is 4.29. The largest absolute Gasteiger partial charge is 0.361 e. The number of nitrogens with one attached hydrogen (secondary N) is 1. The zero-order chi connectivity index (χ0) is 10.7. The van der Waals surface area contributed by atoms with Crippen molar-refractivity contribution in [1.29, 1.82) is 0 Å². The van der Waals surface area contributed by atoms with Gasteiger partial charge in [0, 0.05) is 28.4 Å². The Morgan fingerprint density at radius 1 is 1.33 bits per heavy atom. The molecule has 2 rings (SSSR count). The highest BCUT2D eigenvalue weighted by atomic mass is 32.1. The van der Waals surface area contributed by atoms with E-state index in [2.05, 4.69) is 41.7 Å². The van der Waals surface area contributed by atoms with Crippen LogP contribution in [0.2, 0.25) is 0 Å². The Labute approximate surface area is 98.0 Å². The molecule has 0 aliphatic rings. The molecule has 0 unspecified atom stereocenters. The van der Waals surface area contributed by atoms with E-state index < -0.39 is 0 Å². The summed E-state index contributed by atoms with van der Waals surface area (Å²) in [5.41, 5.74) is 0.167. The molecule has 0 bridgehead atoms. The number of anilines is 1. The first-order valence-electron chi connectivity index (χ1n) is 4.86. The van der Waals surface area contributed by atoms with Gasteiger partial charge >= 0.3 is 0 Å². The van der Waals surface area contributed by atoms with Gasteiger partial charge in [0.2, 0.25) is 0 Å². The molecule has 0 spiro atoms. The molecule has 1 N–H and O–H groups in total. The van der Waals surface area contributed by atoms with Gasteiger partial charge in [-0.25, -0.2) is 4.98 Å². The van der Waals surface area contributed by atoms with Crippen molar-refractivity contribution in [2.24, 2.45) is 0 Å². The van der Waals surface area contributed by atoms with Gasteiger partial charge in [-0.2, -0.15) is 0 Å². The fraction of sp³-hybridized carbons (Fsp3) is 0.364. The summed E-state index contributed by atoms with van der Waals surface area (Å²) in [7, 11) is 0. The summed E-state index contributed by atoms with van der Waals surface area (Å²) >= 11 is 3.45. The molecular formula is C11H14N2S2. The SMILES string of the molecule is CC(C)(CNc1nccs1)c1cccs1. The fourth-order valence-corrected chi connectivity index (χ4v) is 2.74. The van der Waals surface area contributed by atoms with Gasteiger partial charge in [-0.3, -0.25) is 0 Å². The van der Waals surface area contributed by atoms with Gasteiger partial charge in [-0.1, -0.05) is 19.9 Å². The van der Waals surface area contributed by atoms with Crippen LogP contribution < -0.4 is 5.32 Å². The maximum Gasteiger partial charge on any atom is 0.182 e. The van der Waals surface area contributed by atoms with Crippen LogP contribution in [0.3, 0.4) is 0 Å². The minimum absolute atomic E-state index is 0.167. The fourth-order valence-electron chi connectivity index (χ4n) is 1.36. The summed E-state index contributed by atoms with van der Waals surface area (Å²) in [6.45, 7) is 5.42. The Morgan fingerprint density at radius 3 is 2.80 bits per heavy atom. The van der Waals surface area contributed by atoms with E-state index in [-0.39, 0.29) is 5.41 Å². The maximum atomic E-state index is 4.21. The lowest BCUT2D eigenvalue weighted by Gasteiger charge is -2.23. The van der Waals surface area contributed by atoms with E-state index in [0.29, 0.717) is 0 Å². The molecule has 0 saturated carbocycles. The molecule has 2 nitrogen and oxygen atoms in total. The van der Waals surface area contributed by atoms with Crippen LogP contribution in [0.15, 0.2) is 29.1 Å². The molecule has 4 heteroatoms. The predicted octanol–water partition coefficient (Wildman–Crippen LogP) is 3.59. The first-order valence-corrected chi connectivity index (χ1v) is 6.62. The van der Waals surface area contributed by atoms with E-state index in [1.165, 1.54) is 4.88 Å². The molecule has 2 aromatic heterocycles. The number of thiophene rings is 1. The minimum Gasteiger partial charge on any atom is -0.361 e. The summed E-state index contributed by atoms with van der Waals surface area (Å²) in [4.78, 5) is 5.62. The maximum absolute atomic E-state index is 4.21. The molecule has 0 aromatic carbocycles. The molecule has 0 fully saturated rings. The second-order valence-electron chi connectivity index (χ2n) is 4.05. The number of rotatable bonds is 4. The van der Waals surface area contributed by atoms with Crippen molar-refractivity contribution in [1.82, 2.24) is 4.98 Å². The normalized spacial score (nSPS) is 11.6. The second kappa shape index (κ2) is 4.33. The quantitative estimate of drug-likeness (QED) is 0.880. The summed E-state index contributed by atoms with van der Waals surface area (Å²) < 4.78 is 0. The van der Waals surface area contributed by atoms with Crippen LogP contribution in [-0.4, -0.2) is 11.5 Å². The molecule has 0 radical (unpaired) electrons. The third-order valence-corrected chi connectivity index (χ3v) is 4.27. The van der Waals surface area contributed by atoms with Gasteiger partial charge < -0.3 is 5.32 Å². The molecular weight excluding hydrogens is 224 g/mol. The van der Waals surface area contributed by atoms with Gasteiger partial charge in [0.25, 0.3) is 0 Å². The highest BCUT2D eigenvalue weighted by Gasteiger charge is 2.21. The van der Waals surface area contributed by atoms with E-state index in [4.69, 9.17) is 0 Å². The zero-order valence-electron chi connectivity index (χ0n) is 8.86. The number of nitrogens with zero attached hydrogens (tertiary/aromatic N) is 1. The second-order valence-corrected chi connectivity index (χ2v) is 5.89. The van der Waals surface area contributed by atoms with Crippen LogP contribution in [-0.2, 0) is 5.41 Å². The van der Waals surface area contributed by atoms with Gasteiger partial charge in [-0.15, -0.1) is 22.7 Å². The minimum atomic E-state index is 0.167. The van der Waals surface area contributed by atoms with E-state index in [1.807, 2.05) is 22.9 Å². The first-order chi connectivity index (χ1) is 7.18. The Morgan fingerprint density at radius 2 is 2.20 bits per heavy atom. The molecule has 80 valence electrons. The van der Waals surface area contributed by atoms with Crippen molar-refractivity contribution in [3.8, 4) is 0 Å². The molecule has 2 heterocycles. The highest BCUT2D eigenvalue weighted by molar-refractivity contribution is 7.13. The number of hydrogen-bond donors (Lipinski definition) is 1. The van der Waals surface area contributed by atoms with Crippen LogP contribution in [0.1, 0.15) is 18.7 Å². The lowest BCUT2D eigenvalue weighted by atomic mass is 9.91. The summed E-state index contributed by atoms with van der Waals surface area (Å²) in [6.07, 6.45) is 1.82. The average Bonchev–Trinajstić information content (AvgIpc) is 2.88. The van der Waals surface area contributed by atoms with Gasteiger partial charge in [0.1, 0.15) is 0 Å². The summed E-state index contributed by atoms with van der Waals surface area (Å²) in [5, 5.41) is 8.48. The van der Waals surface area contributed by atoms with Crippen LogP contribution in [0, 0.1) is 0 Å². The number of aromatic nitrogens is 1. The topological polar surface area (TPSA) is 24.9 Å². The van der Waals surface area contributed by atoms with Crippen LogP contribution >= 0.6 is 22.7 Å². The molecule has 0 saturated heterocycles. The summed E-state index contributed by atoms with van der Waals surface area (Å²) in [5.74, 6) is 0. The number of thiazole rings is 1. The Balaban J connectivity index is 1.99. The zero-order valence-corrected chi connectivity index (χ0v) is 10.5. The Hall–Kier alpha value is -0.870. The standard InChI is InChI=1S/C11H14N2S2/c1-11(2,9-4-3-6-14-9)8-13-10-12-5-7-15-10/h3-7H,8H2,1-2H3,(H,12,13). The van der Waals surface area contributed by atoms with Gasteiger partial charge in [-0.05, 0) is 11.4 Å². The van der Waals surface area contributed by atoms with Crippen molar-refractivity contribution in [3.05, 3.63) is 34.0 Å². The van der Waals surface area contributed by atoms with Crippen molar-refractivity contribution >= 4 is 27.8 Å². The van der Waals surface area contributed by atoms with E-state index in [1.54, 1.807) is 11.3 Å². The van der Waals surface area contributed by atoms with E-state index >= 15 is 0 Å². The van der Waals surface area contributed by atoms with E-state index in [9.17, 15) is 0 Å². The predicted molar refractivity (Wildman–Crippen MR) is 67.9 cm³/mol. The molecule has 0 amide bonds. The first kappa shape index (κ1) is 10.6. The van der Waals surface area contributed by atoms with Gasteiger partial charge in [0.15, 0.2) is 5.13 Å². The van der Waals surface area contributed by atoms with Crippen LogP contribution in [0.25, 0.3) is 0 Å². The third-order valence-electron chi connectivity index (χ3n) is 2.30. The Bertz CT molecular complexity index is 390. The molecule has 0 aliphatic heterocycles. The third kappa shape index (κ3) is 2.58. The van der Waals surface area contributed by atoms with Crippen molar-refractivity contribution in [2.75, 3.05) is 11.9 Å². The molecule has 0 atom stereocenters. The number of hydrogen-bond acceptors (Lipinski definition) is 4. The van der Waals surface area contributed by atoms with E-state index in [0.717, 1.165) is 11.7 Å². The van der Waals surface area contributed by atoms with Gasteiger partial charge in [0.05, 0.1) is 0 Å². The lowest BCUT2D eigenvalue weighted by molar-refractivity contribution is 0.569. The lowest BCUT2D eigenvalue weighted by Crippen LogP contribution is -2.26. The van der Waals surface area contributed by atoms with Crippen LogP contribution in [0.5, 0.6) is 0 Å². The van der Waals surface area contributed by atoms with Crippen LogP contribution in [0.4, 0.5) is 5.13 Å². The smallest absolute Gasteiger partial charge is 0.182 e.